The maximum atomic E-state index is 13.6. The van der Waals surface area contributed by atoms with Crippen molar-refractivity contribution in [2.24, 2.45) is 0 Å². The van der Waals surface area contributed by atoms with Crippen molar-refractivity contribution in [3.8, 4) is 0 Å². The van der Waals surface area contributed by atoms with E-state index in [1.54, 1.807) is 41.3 Å². The fourth-order valence-electron chi connectivity index (χ4n) is 2.01. The van der Waals surface area contributed by atoms with Gasteiger partial charge in [-0.25, -0.2) is 9.18 Å². The number of hydrogen-bond donors (Lipinski definition) is 2. The van der Waals surface area contributed by atoms with Crippen LogP contribution in [0.2, 0.25) is 0 Å². The van der Waals surface area contributed by atoms with E-state index in [0.717, 1.165) is 6.42 Å². The molecule has 0 spiro atoms. The Morgan fingerprint density at radius 3 is 2.67 bits per heavy atom. The molecule has 0 radical (unpaired) electrons. The topological polar surface area (TPSA) is 58.4 Å². The summed E-state index contributed by atoms with van der Waals surface area (Å²) in [5, 5.41) is 2.58. The van der Waals surface area contributed by atoms with Crippen LogP contribution in [0.25, 0.3) is 0 Å². The first-order valence-electron chi connectivity index (χ1n) is 6.80. The maximum Gasteiger partial charge on any atom is 0.326 e. The van der Waals surface area contributed by atoms with Crippen LogP contribution in [-0.2, 0) is 0 Å². The Labute approximate surface area is 123 Å². The largest absolute Gasteiger partial charge is 0.399 e. The van der Waals surface area contributed by atoms with E-state index in [2.05, 4.69) is 5.32 Å². The van der Waals surface area contributed by atoms with Crippen molar-refractivity contribution >= 4 is 23.1 Å². The Bertz CT molecular complexity index is 630. The van der Waals surface area contributed by atoms with Crippen molar-refractivity contribution in [3.63, 3.8) is 0 Å². The van der Waals surface area contributed by atoms with E-state index in [9.17, 15) is 9.18 Å². The zero-order chi connectivity index (χ0) is 15.2. The van der Waals surface area contributed by atoms with Crippen molar-refractivity contribution < 1.29 is 9.18 Å². The average Bonchev–Trinajstić information content (AvgIpc) is 2.47. The number of halogens is 1. The molecule has 2 amide bonds. The number of rotatable bonds is 4. The van der Waals surface area contributed by atoms with Gasteiger partial charge >= 0.3 is 6.03 Å². The van der Waals surface area contributed by atoms with E-state index in [1.807, 2.05) is 6.92 Å². The molecule has 21 heavy (non-hydrogen) atoms. The van der Waals surface area contributed by atoms with Gasteiger partial charge in [-0.15, -0.1) is 0 Å². The Kier molecular flexibility index (Phi) is 4.77. The van der Waals surface area contributed by atoms with Gasteiger partial charge in [-0.05, 0) is 36.8 Å². The molecule has 2 rings (SSSR count). The van der Waals surface area contributed by atoms with Crippen LogP contribution in [0.1, 0.15) is 13.3 Å². The number of carbonyl (C=O) groups excluding carboxylic acids is 1. The lowest BCUT2D eigenvalue weighted by Gasteiger charge is -2.23. The Morgan fingerprint density at radius 1 is 1.24 bits per heavy atom. The van der Waals surface area contributed by atoms with Gasteiger partial charge in [-0.3, -0.25) is 4.90 Å². The van der Waals surface area contributed by atoms with E-state index in [1.165, 1.54) is 12.1 Å². The van der Waals surface area contributed by atoms with Crippen LogP contribution >= 0.6 is 0 Å². The van der Waals surface area contributed by atoms with Gasteiger partial charge in [-0.2, -0.15) is 0 Å². The minimum absolute atomic E-state index is 0.160. The van der Waals surface area contributed by atoms with E-state index < -0.39 is 5.82 Å². The minimum atomic E-state index is -0.463. The number of benzene rings is 2. The Morgan fingerprint density at radius 2 is 2.00 bits per heavy atom. The number of urea groups is 1. The molecule has 0 unspecified atom stereocenters. The fourth-order valence-corrected chi connectivity index (χ4v) is 2.01. The molecule has 4 nitrogen and oxygen atoms in total. The molecule has 0 saturated heterocycles. The molecular weight excluding hydrogens is 269 g/mol. The molecule has 0 heterocycles. The van der Waals surface area contributed by atoms with Crippen molar-refractivity contribution in [1.29, 1.82) is 0 Å². The number of nitrogen functional groups attached to an aromatic ring is 1. The highest BCUT2D eigenvalue weighted by atomic mass is 19.1. The summed E-state index contributed by atoms with van der Waals surface area (Å²) in [5.74, 6) is -0.463. The number of nitrogens with two attached hydrogens (primary N) is 1. The highest BCUT2D eigenvalue weighted by Crippen LogP contribution is 2.20. The van der Waals surface area contributed by atoms with Crippen LogP contribution < -0.4 is 16.0 Å². The highest BCUT2D eigenvalue weighted by molar-refractivity contribution is 6.02. The SMILES string of the molecule is CCCN(C(=O)Nc1ccccc1F)c1cccc(N)c1. The van der Waals surface area contributed by atoms with Crippen LogP contribution in [-0.4, -0.2) is 12.6 Å². The molecule has 0 bridgehead atoms. The lowest BCUT2D eigenvalue weighted by molar-refractivity contribution is 0.257. The molecule has 0 saturated carbocycles. The summed E-state index contributed by atoms with van der Waals surface area (Å²) in [6.07, 6.45) is 0.777. The Hall–Kier alpha value is -2.56. The first-order valence-corrected chi connectivity index (χ1v) is 6.80. The predicted octanol–water partition coefficient (Wildman–Crippen LogP) is 3.86. The average molecular weight is 287 g/mol. The van der Waals surface area contributed by atoms with Crippen molar-refractivity contribution in [2.75, 3.05) is 22.5 Å². The molecule has 0 aromatic heterocycles. The monoisotopic (exact) mass is 287 g/mol. The number of nitrogens with one attached hydrogen (secondary N) is 1. The van der Waals surface area contributed by atoms with Crippen molar-refractivity contribution in [3.05, 3.63) is 54.3 Å². The van der Waals surface area contributed by atoms with E-state index in [4.69, 9.17) is 5.73 Å². The lowest BCUT2D eigenvalue weighted by Crippen LogP contribution is -2.35. The third-order valence-electron chi connectivity index (χ3n) is 2.99. The van der Waals surface area contributed by atoms with Gasteiger partial charge in [0.05, 0.1) is 5.69 Å². The molecular formula is C16H18FN3O. The molecule has 0 aliphatic carbocycles. The highest BCUT2D eigenvalue weighted by Gasteiger charge is 2.16. The van der Waals surface area contributed by atoms with Crippen LogP contribution in [0.15, 0.2) is 48.5 Å². The molecule has 0 fully saturated rings. The first kappa shape index (κ1) is 14.8. The van der Waals surface area contributed by atoms with E-state index in [-0.39, 0.29) is 11.7 Å². The molecule has 5 heteroatoms. The van der Waals surface area contributed by atoms with Crippen LogP contribution in [0.4, 0.5) is 26.2 Å². The van der Waals surface area contributed by atoms with Gasteiger partial charge in [0.2, 0.25) is 0 Å². The van der Waals surface area contributed by atoms with Crippen molar-refractivity contribution in [2.45, 2.75) is 13.3 Å². The van der Waals surface area contributed by atoms with E-state index in [0.29, 0.717) is 17.9 Å². The van der Waals surface area contributed by atoms with Crippen LogP contribution in [0.3, 0.4) is 0 Å². The third-order valence-corrected chi connectivity index (χ3v) is 2.99. The molecule has 0 aliphatic rings. The number of anilines is 3. The zero-order valence-corrected chi connectivity index (χ0v) is 11.8. The standard InChI is InChI=1S/C16H18FN3O/c1-2-10-20(13-7-5-6-12(18)11-13)16(21)19-15-9-4-3-8-14(15)17/h3-9,11H,2,10,18H2,1H3,(H,19,21). The second kappa shape index (κ2) is 6.74. The van der Waals surface area contributed by atoms with Gasteiger partial charge in [0.15, 0.2) is 0 Å². The summed E-state index contributed by atoms with van der Waals surface area (Å²) in [6, 6.07) is 12.7. The Balaban J connectivity index is 2.22. The first-order chi connectivity index (χ1) is 10.1. The number of carbonyl (C=O) groups is 1. The maximum absolute atomic E-state index is 13.6. The van der Waals surface area contributed by atoms with E-state index >= 15 is 0 Å². The quantitative estimate of drug-likeness (QED) is 0.839. The fraction of sp³-hybridized carbons (Fsp3) is 0.188. The molecule has 0 aliphatic heterocycles. The number of amides is 2. The summed E-state index contributed by atoms with van der Waals surface area (Å²) < 4.78 is 13.6. The second-order valence-electron chi connectivity index (χ2n) is 4.66. The molecule has 3 N–H and O–H groups in total. The summed E-state index contributed by atoms with van der Waals surface area (Å²) in [6.45, 7) is 2.49. The summed E-state index contributed by atoms with van der Waals surface area (Å²) in [5.41, 5.74) is 7.17. The molecule has 110 valence electrons. The zero-order valence-electron chi connectivity index (χ0n) is 11.8. The predicted molar refractivity (Wildman–Crippen MR) is 83.9 cm³/mol. The van der Waals surface area contributed by atoms with Gasteiger partial charge in [0.25, 0.3) is 0 Å². The summed E-state index contributed by atoms with van der Waals surface area (Å²) in [7, 11) is 0. The summed E-state index contributed by atoms with van der Waals surface area (Å²) in [4.78, 5) is 13.9. The molecule has 2 aromatic carbocycles. The second-order valence-corrected chi connectivity index (χ2v) is 4.66. The lowest BCUT2D eigenvalue weighted by atomic mass is 10.2. The summed E-state index contributed by atoms with van der Waals surface area (Å²) >= 11 is 0. The van der Waals surface area contributed by atoms with Crippen LogP contribution in [0, 0.1) is 5.82 Å². The number of para-hydroxylation sites is 1. The van der Waals surface area contributed by atoms with Gasteiger partial charge < -0.3 is 11.1 Å². The molecule has 0 atom stereocenters. The van der Waals surface area contributed by atoms with Crippen LogP contribution in [0.5, 0.6) is 0 Å². The molecule has 2 aromatic rings. The van der Waals surface area contributed by atoms with Gasteiger partial charge in [0.1, 0.15) is 5.82 Å². The van der Waals surface area contributed by atoms with Crippen molar-refractivity contribution in [1.82, 2.24) is 0 Å². The smallest absolute Gasteiger partial charge is 0.326 e. The number of nitrogens with zero attached hydrogens (tertiary/aromatic N) is 1. The third kappa shape index (κ3) is 3.72. The van der Waals surface area contributed by atoms with Gasteiger partial charge in [0, 0.05) is 17.9 Å². The normalized spacial score (nSPS) is 10.2. The van der Waals surface area contributed by atoms with Gasteiger partial charge in [-0.1, -0.05) is 25.1 Å². The number of hydrogen-bond acceptors (Lipinski definition) is 2. The minimum Gasteiger partial charge on any atom is -0.399 e.